The van der Waals surface area contributed by atoms with Gasteiger partial charge in [-0.1, -0.05) is 135 Å². The lowest BCUT2D eigenvalue weighted by Gasteiger charge is -2.50. The highest BCUT2D eigenvalue weighted by atomic mass is 15.0. The van der Waals surface area contributed by atoms with Crippen LogP contribution in [0.15, 0.2) is 140 Å². The predicted molar refractivity (Wildman–Crippen MR) is 216 cm³/mol. The van der Waals surface area contributed by atoms with Crippen LogP contribution in [0.4, 0.5) is 0 Å². The first-order valence-corrected chi connectivity index (χ1v) is 19.0. The summed E-state index contributed by atoms with van der Waals surface area (Å²) < 4.78 is 0. The lowest BCUT2D eigenvalue weighted by molar-refractivity contribution is 0.0780. The van der Waals surface area contributed by atoms with Crippen molar-refractivity contribution >= 4 is 10.8 Å². The van der Waals surface area contributed by atoms with E-state index in [-0.39, 0.29) is 0 Å². The van der Waals surface area contributed by atoms with Gasteiger partial charge in [0, 0.05) is 16.7 Å². The van der Waals surface area contributed by atoms with Crippen LogP contribution in [-0.2, 0) is 5.41 Å². The zero-order valence-corrected chi connectivity index (χ0v) is 30.3. The van der Waals surface area contributed by atoms with Crippen LogP contribution in [0.3, 0.4) is 0 Å². The van der Waals surface area contributed by atoms with Gasteiger partial charge in [0.2, 0.25) is 0 Å². The molecule has 2 aliphatic rings. The molecule has 0 radical (unpaired) electrons. The molecular weight excluding hydrogens is 645 g/mol. The minimum absolute atomic E-state index is 0.294. The van der Waals surface area contributed by atoms with E-state index in [1.165, 1.54) is 43.2 Å². The van der Waals surface area contributed by atoms with Gasteiger partial charge in [-0.3, -0.25) is 0 Å². The van der Waals surface area contributed by atoms with Crippen LogP contribution in [0.1, 0.15) is 57.1 Å². The van der Waals surface area contributed by atoms with Gasteiger partial charge in [0.25, 0.3) is 0 Å². The summed E-state index contributed by atoms with van der Waals surface area (Å²) in [5.41, 5.74) is 9.63. The van der Waals surface area contributed by atoms with Gasteiger partial charge in [-0.05, 0) is 112 Å². The van der Waals surface area contributed by atoms with E-state index in [9.17, 15) is 5.26 Å². The molecule has 0 saturated heterocycles. The molecule has 7 aromatic rings. The lowest BCUT2D eigenvalue weighted by Crippen LogP contribution is -2.42. The van der Waals surface area contributed by atoms with Gasteiger partial charge in [0.1, 0.15) is 0 Å². The molecule has 9 rings (SSSR count). The largest absolute Gasteiger partial charge is 0.208 e. The molecule has 0 aliphatic heterocycles. The summed E-state index contributed by atoms with van der Waals surface area (Å²) in [6.45, 7) is 4.92. The normalized spacial score (nSPS) is 20.9. The molecule has 2 fully saturated rings. The number of nitriles is 1. The summed E-state index contributed by atoms with van der Waals surface area (Å²) >= 11 is 0. The highest BCUT2D eigenvalue weighted by Crippen LogP contribution is 2.54. The van der Waals surface area contributed by atoms with Crippen LogP contribution in [0.25, 0.3) is 67.2 Å². The highest BCUT2D eigenvalue weighted by Gasteiger charge is 2.45. The van der Waals surface area contributed by atoms with E-state index in [4.69, 9.17) is 15.0 Å². The average Bonchev–Trinajstić information content (AvgIpc) is 3.20. The monoisotopic (exact) mass is 686 g/mol. The molecule has 2 saturated carbocycles. The fourth-order valence-corrected chi connectivity index (χ4v) is 9.83. The van der Waals surface area contributed by atoms with Crippen LogP contribution >= 0.6 is 0 Å². The first-order valence-electron chi connectivity index (χ1n) is 19.0. The molecule has 6 aromatic carbocycles. The number of hydrogen-bond donors (Lipinski definition) is 0. The third-order valence-electron chi connectivity index (χ3n) is 11.7. The van der Waals surface area contributed by atoms with Gasteiger partial charge in [0.05, 0.1) is 11.6 Å². The van der Waals surface area contributed by atoms with E-state index in [0.29, 0.717) is 28.5 Å². The van der Waals surface area contributed by atoms with Crippen LogP contribution < -0.4 is 0 Å². The SMILES string of the molecule is C[C@@H]1CC2C[C@H](C)CC(c3ccc(-c4ccccc4-c4nc(-c5ccccc5)nc(-c5ccc(-c6cccc(C#N)c6)c6ccccc56)n4)cc3)(C2)C1. The molecule has 2 bridgehead atoms. The zero-order chi connectivity index (χ0) is 35.9. The van der Waals surface area contributed by atoms with Gasteiger partial charge < -0.3 is 0 Å². The molecule has 0 amide bonds. The minimum atomic E-state index is 0.294. The maximum Gasteiger partial charge on any atom is 0.164 e. The summed E-state index contributed by atoms with van der Waals surface area (Å²) in [7, 11) is 0. The first-order chi connectivity index (χ1) is 26.0. The average molecular weight is 687 g/mol. The Kier molecular flexibility index (Phi) is 8.43. The molecule has 258 valence electrons. The molecule has 0 spiro atoms. The smallest absolute Gasteiger partial charge is 0.164 e. The summed E-state index contributed by atoms with van der Waals surface area (Å²) in [6.07, 6.45) is 6.68. The van der Waals surface area contributed by atoms with Crippen molar-refractivity contribution in [3.8, 4) is 62.5 Å². The fourth-order valence-electron chi connectivity index (χ4n) is 9.83. The van der Waals surface area contributed by atoms with Crippen molar-refractivity contribution in [2.24, 2.45) is 17.8 Å². The molecule has 0 N–H and O–H groups in total. The molecule has 4 atom stereocenters. The number of hydrogen-bond acceptors (Lipinski definition) is 4. The third-order valence-corrected chi connectivity index (χ3v) is 11.7. The minimum Gasteiger partial charge on any atom is -0.208 e. The Labute approximate surface area is 312 Å². The standard InChI is InChI=1S/C49H42N4/c1-32-25-35-26-33(2)29-49(28-32,30-35)39-21-19-36(20-22-39)40-15-6-9-18-44(40)47-51-46(37-12-4-3-5-13-37)52-48(53-47)45-24-23-41(42-16-7-8-17-43(42)45)38-14-10-11-34(27-38)31-50/h3-24,27,32-33,35H,25-26,28-30H2,1-2H3/t32-,33+,35?,49?. The Morgan fingerprint density at radius 3 is 1.81 bits per heavy atom. The Balaban J connectivity index is 1.16. The van der Waals surface area contributed by atoms with Crippen molar-refractivity contribution in [3.63, 3.8) is 0 Å². The summed E-state index contributed by atoms with van der Waals surface area (Å²) in [4.78, 5) is 15.5. The van der Waals surface area contributed by atoms with Gasteiger partial charge >= 0.3 is 0 Å². The van der Waals surface area contributed by atoms with E-state index in [0.717, 1.165) is 61.9 Å². The second kappa shape index (κ2) is 13.6. The Bertz CT molecular complexity index is 2480. The zero-order valence-electron chi connectivity index (χ0n) is 30.3. The second-order valence-corrected chi connectivity index (χ2v) is 15.6. The molecule has 4 nitrogen and oxygen atoms in total. The summed E-state index contributed by atoms with van der Waals surface area (Å²) in [6, 6.07) is 50.8. The van der Waals surface area contributed by atoms with Crippen molar-refractivity contribution in [3.05, 3.63) is 151 Å². The van der Waals surface area contributed by atoms with Crippen LogP contribution in [0.5, 0.6) is 0 Å². The number of nitrogens with zero attached hydrogens (tertiary/aromatic N) is 4. The molecular formula is C49H42N4. The topological polar surface area (TPSA) is 62.5 Å². The van der Waals surface area contributed by atoms with Crippen molar-refractivity contribution in [2.45, 2.75) is 51.4 Å². The van der Waals surface area contributed by atoms with Crippen LogP contribution in [0, 0.1) is 29.1 Å². The Morgan fingerprint density at radius 1 is 0.509 bits per heavy atom. The lowest BCUT2D eigenvalue weighted by atomic mass is 9.54. The van der Waals surface area contributed by atoms with E-state index in [2.05, 4.69) is 123 Å². The van der Waals surface area contributed by atoms with Crippen molar-refractivity contribution in [1.29, 1.82) is 5.26 Å². The highest BCUT2D eigenvalue weighted by molar-refractivity contribution is 6.04. The van der Waals surface area contributed by atoms with E-state index in [1.54, 1.807) is 0 Å². The van der Waals surface area contributed by atoms with Crippen molar-refractivity contribution in [2.75, 3.05) is 0 Å². The summed E-state index contributed by atoms with van der Waals surface area (Å²) in [5, 5.41) is 11.7. The van der Waals surface area contributed by atoms with Crippen LogP contribution in [0.2, 0.25) is 0 Å². The summed E-state index contributed by atoms with van der Waals surface area (Å²) in [5.74, 6) is 4.31. The first kappa shape index (κ1) is 33.0. The van der Waals surface area contributed by atoms with E-state index < -0.39 is 0 Å². The van der Waals surface area contributed by atoms with Crippen LogP contribution in [-0.4, -0.2) is 15.0 Å². The number of fused-ring (bicyclic) bond motifs is 3. The molecule has 1 aromatic heterocycles. The van der Waals surface area contributed by atoms with Gasteiger partial charge in [0.15, 0.2) is 17.5 Å². The predicted octanol–water partition coefficient (Wildman–Crippen LogP) is 12.3. The molecule has 4 heteroatoms. The van der Waals surface area contributed by atoms with E-state index >= 15 is 0 Å². The molecule has 2 unspecified atom stereocenters. The number of benzene rings is 6. The maximum absolute atomic E-state index is 9.59. The third kappa shape index (κ3) is 6.21. The number of aromatic nitrogens is 3. The Hall–Kier alpha value is -5.92. The molecule has 1 heterocycles. The number of rotatable bonds is 6. The fraction of sp³-hybridized carbons (Fsp3) is 0.224. The van der Waals surface area contributed by atoms with Gasteiger partial charge in [-0.2, -0.15) is 5.26 Å². The van der Waals surface area contributed by atoms with Gasteiger partial charge in [-0.15, -0.1) is 0 Å². The maximum atomic E-state index is 9.59. The van der Waals surface area contributed by atoms with E-state index in [1.807, 2.05) is 36.4 Å². The van der Waals surface area contributed by atoms with Crippen molar-refractivity contribution < 1.29 is 0 Å². The molecule has 2 aliphatic carbocycles. The second-order valence-electron chi connectivity index (χ2n) is 15.6. The molecule has 53 heavy (non-hydrogen) atoms. The Morgan fingerprint density at radius 2 is 1.09 bits per heavy atom. The quantitative estimate of drug-likeness (QED) is 0.175. The van der Waals surface area contributed by atoms with Crippen molar-refractivity contribution in [1.82, 2.24) is 15.0 Å². The van der Waals surface area contributed by atoms with Gasteiger partial charge in [-0.25, -0.2) is 15.0 Å².